The Balaban J connectivity index is 2.87. The molecule has 0 spiro atoms. The van der Waals surface area contributed by atoms with Crippen molar-refractivity contribution in [1.82, 2.24) is 15.1 Å². The Morgan fingerprint density at radius 3 is 3.00 bits per heavy atom. The van der Waals surface area contributed by atoms with Crippen LogP contribution in [0.15, 0.2) is 4.99 Å². The zero-order valence-electron chi connectivity index (χ0n) is 9.14. The first kappa shape index (κ1) is 12.0. The second-order valence-electron chi connectivity index (χ2n) is 3.14. The van der Waals surface area contributed by atoms with Crippen LogP contribution in [0.1, 0.15) is 5.56 Å². The number of nitrogens with zero attached hydrogens (tertiary/aromatic N) is 4. The van der Waals surface area contributed by atoms with E-state index >= 15 is 0 Å². The van der Waals surface area contributed by atoms with Gasteiger partial charge in [-0.3, -0.25) is 5.10 Å². The van der Waals surface area contributed by atoms with Gasteiger partial charge in [0.05, 0.1) is 12.9 Å². The van der Waals surface area contributed by atoms with Gasteiger partial charge in [0.15, 0.2) is 11.4 Å². The van der Waals surface area contributed by atoms with Gasteiger partial charge in [-0.2, -0.15) is 5.26 Å². The minimum Gasteiger partial charge on any atom is -0.473 e. The van der Waals surface area contributed by atoms with Crippen LogP contribution in [0.25, 0.3) is 0 Å². The third kappa shape index (κ3) is 2.96. The molecule has 1 heterocycles. The highest BCUT2D eigenvalue weighted by molar-refractivity contribution is 5.64. The summed E-state index contributed by atoms with van der Waals surface area (Å²) in [6.45, 7) is -0.0373. The molecule has 0 aliphatic carbocycles. The molecule has 7 nitrogen and oxygen atoms in total. The van der Waals surface area contributed by atoms with Crippen LogP contribution in [0.5, 0.6) is 5.88 Å². The molecule has 1 rings (SSSR count). The summed E-state index contributed by atoms with van der Waals surface area (Å²) in [6, 6.07) is 1.94. The lowest BCUT2D eigenvalue weighted by molar-refractivity contribution is 0.196. The Kier molecular flexibility index (Phi) is 4.29. The fourth-order valence-corrected chi connectivity index (χ4v) is 0.931. The maximum Gasteiger partial charge on any atom is 0.253 e. The molecule has 0 saturated heterocycles. The van der Waals surface area contributed by atoms with Gasteiger partial charge in [0.1, 0.15) is 12.7 Å². The molecule has 1 aromatic heterocycles. The number of rotatable bonds is 5. The molecule has 0 radical (unpaired) electrons. The first-order chi connectivity index (χ1) is 7.69. The molecule has 2 N–H and O–H groups in total. The minimum atomic E-state index is -0.131. The molecule has 0 aliphatic rings. The zero-order chi connectivity index (χ0) is 12.0. The van der Waals surface area contributed by atoms with Crippen molar-refractivity contribution in [3.05, 3.63) is 5.56 Å². The van der Waals surface area contributed by atoms with E-state index in [0.717, 1.165) is 0 Å². The van der Waals surface area contributed by atoms with Crippen LogP contribution in [0, 0.1) is 11.3 Å². The van der Waals surface area contributed by atoms with Gasteiger partial charge in [-0.05, 0) is 0 Å². The summed E-state index contributed by atoms with van der Waals surface area (Å²) >= 11 is 0. The summed E-state index contributed by atoms with van der Waals surface area (Å²) in [4.78, 5) is 5.76. The van der Waals surface area contributed by atoms with Gasteiger partial charge in [0.25, 0.3) is 5.88 Å². The number of aliphatic hydroxyl groups excluding tert-OH is 1. The molecule has 0 atom stereocenters. The quantitative estimate of drug-likeness (QED) is 0.535. The predicted molar refractivity (Wildman–Crippen MR) is 57.7 cm³/mol. The summed E-state index contributed by atoms with van der Waals surface area (Å²) in [7, 11) is 3.63. The molecule has 0 aromatic carbocycles. The molecular weight excluding hydrogens is 210 g/mol. The average Bonchev–Trinajstić information content (AvgIpc) is 2.65. The monoisotopic (exact) mass is 223 g/mol. The number of H-pyrrole nitrogens is 1. The van der Waals surface area contributed by atoms with Crippen LogP contribution < -0.4 is 4.74 Å². The summed E-state index contributed by atoms with van der Waals surface area (Å²) in [5.41, 5.74) is 0.228. The van der Waals surface area contributed by atoms with Crippen molar-refractivity contribution >= 4 is 12.2 Å². The van der Waals surface area contributed by atoms with E-state index in [1.807, 2.05) is 20.2 Å². The van der Waals surface area contributed by atoms with E-state index < -0.39 is 0 Å². The summed E-state index contributed by atoms with van der Waals surface area (Å²) in [6.07, 6.45) is 1.55. The van der Waals surface area contributed by atoms with Crippen LogP contribution >= 0.6 is 0 Å². The highest BCUT2D eigenvalue weighted by Crippen LogP contribution is 2.23. The second kappa shape index (κ2) is 5.72. The number of aliphatic imine (C=N–C) groups is 1. The van der Waals surface area contributed by atoms with Gasteiger partial charge in [-0.15, -0.1) is 5.10 Å². The van der Waals surface area contributed by atoms with Crippen molar-refractivity contribution in [3.8, 4) is 11.9 Å². The molecule has 0 saturated carbocycles. The Labute approximate surface area is 93.0 Å². The molecule has 0 aliphatic heterocycles. The largest absolute Gasteiger partial charge is 0.473 e. The van der Waals surface area contributed by atoms with Gasteiger partial charge in [0.2, 0.25) is 0 Å². The Morgan fingerprint density at radius 1 is 1.69 bits per heavy atom. The number of aliphatic hydroxyl groups is 1. The fourth-order valence-electron chi connectivity index (χ4n) is 0.931. The normalized spacial score (nSPS) is 10.4. The van der Waals surface area contributed by atoms with E-state index in [1.165, 1.54) is 0 Å². The summed E-state index contributed by atoms with van der Waals surface area (Å²) in [5.74, 6) is 0.492. The highest BCUT2D eigenvalue weighted by Gasteiger charge is 2.13. The van der Waals surface area contributed by atoms with Gasteiger partial charge in [-0.25, -0.2) is 4.99 Å². The van der Waals surface area contributed by atoms with Gasteiger partial charge < -0.3 is 14.7 Å². The zero-order valence-corrected chi connectivity index (χ0v) is 9.14. The molecule has 86 valence electrons. The first-order valence-corrected chi connectivity index (χ1v) is 4.61. The molecule has 0 amide bonds. The number of hydrogen-bond donors (Lipinski definition) is 2. The summed E-state index contributed by atoms with van der Waals surface area (Å²) < 4.78 is 5.06. The Bertz CT molecular complexity index is 405. The van der Waals surface area contributed by atoms with Crippen molar-refractivity contribution in [3.63, 3.8) is 0 Å². The van der Waals surface area contributed by atoms with E-state index in [9.17, 15) is 0 Å². The second-order valence-corrected chi connectivity index (χ2v) is 3.14. The first-order valence-electron chi connectivity index (χ1n) is 4.61. The van der Waals surface area contributed by atoms with E-state index in [0.29, 0.717) is 5.82 Å². The molecule has 1 aromatic rings. The molecule has 0 unspecified atom stereocenters. The molecule has 16 heavy (non-hydrogen) atoms. The number of aromatic nitrogens is 2. The van der Waals surface area contributed by atoms with Crippen molar-refractivity contribution in [2.45, 2.75) is 0 Å². The lowest BCUT2D eigenvalue weighted by Gasteiger charge is -2.01. The number of nitriles is 1. The van der Waals surface area contributed by atoms with Crippen LogP contribution in [0.4, 0.5) is 5.82 Å². The van der Waals surface area contributed by atoms with E-state index in [4.69, 9.17) is 15.1 Å². The Hall–Kier alpha value is -2.07. The number of hydrogen-bond acceptors (Lipinski definition) is 5. The lowest BCUT2D eigenvalue weighted by atomic mass is 10.3. The molecular formula is C9H13N5O2. The van der Waals surface area contributed by atoms with Crippen LogP contribution in [0.2, 0.25) is 0 Å². The number of aromatic amines is 1. The van der Waals surface area contributed by atoms with E-state index in [-0.39, 0.29) is 24.7 Å². The third-order valence-corrected chi connectivity index (χ3v) is 1.57. The third-order valence-electron chi connectivity index (χ3n) is 1.57. The topological polar surface area (TPSA) is 97.5 Å². The molecule has 0 fully saturated rings. The van der Waals surface area contributed by atoms with Crippen molar-refractivity contribution in [2.24, 2.45) is 4.99 Å². The van der Waals surface area contributed by atoms with E-state index in [1.54, 1.807) is 11.2 Å². The number of ether oxygens (including phenoxy) is 1. The molecule has 7 heteroatoms. The smallest absolute Gasteiger partial charge is 0.253 e. The average molecular weight is 223 g/mol. The minimum absolute atomic E-state index is 0.0936. The summed E-state index contributed by atoms with van der Waals surface area (Å²) in [5, 5.41) is 23.9. The van der Waals surface area contributed by atoms with Crippen molar-refractivity contribution in [2.75, 3.05) is 27.3 Å². The fraction of sp³-hybridized carbons (Fsp3) is 0.444. The molecule has 0 bridgehead atoms. The standard InChI is InChI=1S/C9H13N5O2/c1-14(2)6-11-8-7(5-10)9(13-12-8)16-4-3-15/h6,15H,3-4H2,1-2H3,(H,12,13)/b11-6-. The Morgan fingerprint density at radius 2 is 2.44 bits per heavy atom. The maximum atomic E-state index is 8.91. The highest BCUT2D eigenvalue weighted by atomic mass is 16.5. The van der Waals surface area contributed by atoms with E-state index in [2.05, 4.69) is 15.2 Å². The lowest BCUT2D eigenvalue weighted by Crippen LogP contribution is -2.07. The van der Waals surface area contributed by atoms with Gasteiger partial charge >= 0.3 is 0 Å². The van der Waals surface area contributed by atoms with Gasteiger partial charge in [0, 0.05) is 14.1 Å². The van der Waals surface area contributed by atoms with Crippen molar-refractivity contribution in [1.29, 1.82) is 5.26 Å². The van der Waals surface area contributed by atoms with Crippen LogP contribution in [-0.4, -0.2) is 53.9 Å². The van der Waals surface area contributed by atoms with Crippen molar-refractivity contribution < 1.29 is 9.84 Å². The maximum absolute atomic E-state index is 8.91. The SMILES string of the molecule is CN(C)/C=N\c1[nH]nc(OCCO)c1C#N. The van der Waals surface area contributed by atoms with Crippen LogP contribution in [0.3, 0.4) is 0 Å². The van der Waals surface area contributed by atoms with Crippen LogP contribution in [-0.2, 0) is 0 Å². The predicted octanol–water partition coefficient (Wildman–Crippen LogP) is -0.126. The number of nitrogens with one attached hydrogen (secondary N) is 1. The van der Waals surface area contributed by atoms with Gasteiger partial charge in [-0.1, -0.05) is 0 Å².